The molecule has 0 saturated heterocycles. The largest absolute Gasteiger partial charge is 0.492 e. The van der Waals surface area contributed by atoms with E-state index in [1.165, 1.54) is 11.8 Å². The number of fused-ring (bicyclic) bond motifs is 1. The summed E-state index contributed by atoms with van der Waals surface area (Å²) >= 11 is 0. The van der Waals surface area contributed by atoms with Gasteiger partial charge in [-0.1, -0.05) is 86.9 Å². The first-order valence-electron chi connectivity index (χ1n) is 15.5. The molecule has 2 aromatic carbocycles. The van der Waals surface area contributed by atoms with Gasteiger partial charge in [0.05, 0.1) is 12.1 Å². The summed E-state index contributed by atoms with van der Waals surface area (Å²) < 4.78 is 6.10. The summed E-state index contributed by atoms with van der Waals surface area (Å²) in [6.45, 7) is 4.40. The first-order valence-corrected chi connectivity index (χ1v) is 15.5. The number of amides is 3. The van der Waals surface area contributed by atoms with E-state index in [-0.39, 0.29) is 30.2 Å². The van der Waals surface area contributed by atoms with Crippen LogP contribution >= 0.6 is 0 Å². The lowest BCUT2D eigenvalue weighted by molar-refractivity contribution is -0.146. The minimum atomic E-state index is -1.18. The van der Waals surface area contributed by atoms with Crippen LogP contribution in [-0.2, 0) is 14.4 Å². The van der Waals surface area contributed by atoms with Crippen LogP contribution in [0.15, 0.2) is 60.7 Å². The van der Waals surface area contributed by atoms with Gasteiger partial charge in [0.1, 0.15) is 24.4 Å². The fraction of sp³-hybridized carbons (Fsp3) is 0.500. The Labute approximate surface area is 255 Å². The Kier molecular flexibility index (Phi) is 11.8. The molecule has 4 N–H and O–H groups in total. The second-order valence-corrected chi connectivity index (χ2v) is 11.7. The van der Waals surface area contributed by atoms with Gasteiger partial charge in [0, 0.05) is 31.6 Å². The fourth-order valence-electron chi connectivity index (χ4n) is 6.18. The van der Waals surface area contributed by atoms with Crippen molar-refractivity contribution in [1.29, 1.82) is 0 Å². The Bertz CT molecular complexity index is 1240. The summed E-state index contributed by atoms with van der Waals surface area (Å²) in [5.74, 6) is -0.748. The molecular formula is C34H46N4O5. The number of para-hydroxylation sites is 1. The van der Waals surface area contributed by atoms with E-state index in [1.807, 2.05) is 73.7 Å². The molecule has 1 saturated carbocycles. The van der Waals surface area contributed by atoms with Crippen molar-refractivity contribution in [3.63, 3.8) is 0 Å². The van der Waals surface area contributed by atoms with Crippen LogP contribution in [0.4, 0.5) is 0 Å². The third kappa shape index (κ3) is 8.45. The number of likely N-dealkylation sites (N-methyl/N-ethyl adjacent to an activating group) is 1. The number of carbonyl (C=O) groups excluding carboxylic acids is 3. The van der Waals surface area contributed by atoms with Crippen molar-refractivity contribution in [1.82, 2.24) is 20.9 Å². The zero-order chi connectivity index (χ0) is 30.8. The molecular weight excluding hydrogens is 544 g/mol. The van der Waals surface area contributed by atoms with Crippen LogP contribution < -0.4 is 20.7 Å². The highest BCUT2D eigenvalue weighted by molar-refractivity contribution is 5.94. The van der Waals surface area contributed by atoms with Crippen molar-refractivity contribution < 1.29 is 24.2 Å². The molecule has 0 radical (unpaired) electrons. The molecule has 232 valence electrons. The van der Waals surface area contributed by atoms with Crippen LogP contribution in [0.5, 0.6) is 5.75 Å². The summed E-state index contributed by atoms with van der Waals surface area (Å²) in [5, 5.41) is 20.0. The molecule has 9 heteroatoms. The van der Waals surface area contributed by atoms with E-state index < -0.39 is 30.1 Å². The predicted octanol–water partition coefficient (Wildman–Crippen LogP) is 3.24. The maximum Gasteiger partial charge on any atom is 0.246 e. The predicted molar refractivity (Wildman–Crippen MR) is 167 cm³/mol. The lowest BCUT2D eigenvalue weighted by Gasteiger charge is -2.37. The van der Waals surface area contributed by atoms with Gasteiger partial charge in [-0.3, -0.25) is 14.4 Å². The highest BCUT2D eigenvalue weighted by atomic mass is 16.5. The van der Waals surface area contributed by atoms with Crippen molar-refractivity contribution in [3.05, 3.63) is 71.8 Å². The number of hydrogen-bond acceptors (Lipinski definition) is 6. The van der Waals surface area contributed by atoms with Crippen LogP contribution in [0.2, 0.25) is 0 Å². The minimum absolute atomic E-state index is 0.110. The molecule has 2 aliphatic rings. The van der Waals surface area contributed by atoms with E-state index in [2.05, 4.69) is 16.0 Å². The van der Waals surface area contributed by atoms with Crippen LogP contribution in [0.25, 0.3) is 6.08 Å². The molecule has 0 aromatic heterocycles. The van der Waals surface area contributed by atoms with E-state index in [0.29, 0.717) is 18.9 Å². The standard InChI is InChI=1S/C34H46N4O5/c1-23(25-13-6-4-7-14-25)29-32(40)36-20-12-18-26-15-10-11-19-28(26)43-22-21-35-30(27-16-8-5-9-17-27)34(42)38(3)31(24(2)39)33(41)37-29/h4,6-7,10-15,18-19,23-24,27,29-31,35,39H,5,8-9,16-17,20-22H2,1-3H3,(H,36,40)(H,37,41)/b18-12+/t23?,24?,29-,30+,31+/m1/s1. The average Bonchev–Trinajstić information content (AvgIpc) is 3.02. The molecule has 0 bridgehead atoms. The van der Waals surface area contributed by atoms with Gasteiger partial charge in [-0.25, -0.2) is 0 Å². The number of carbonyl (C=O) groups is 3. The first-order chi connectivity index (χ1) is 20.8. The normalized spacial score (nSPS) is 25.6. The number of nitrogens with one attached hydrogen (secondary N) is 3. The molecule has 1 heterocycles. The Morgan fingerprint density at radius 2 is 1.63 bits per heavy atom. The van der Waals surface area contributed by atoms with E-state index in [9.17, 15) is 19.5 Å². The van der Waals surface area contributed by atoms with E-state index in [0.717, 1.165) is 43.2 Å². The second kappa shape index (κ2) is 15.7. The molecule has 1 fully saturated rings. The van der Waals surface area contributed by atoms with Crippen molar-refractivity contribution in [2.75, 3.05) is 26.7 Å². The monoisotopic (exact) mass is 590 g/mol. The SMILES string of the molecule is CC(O)[C@H]1C(=O)N[C@H](C(C)c2ccccc2)C(=O)NC/C=C/c2ccccc2OCCN[C@@H](C2CCCCC2)C(=O)N1C. The van der Waals surface area contributed by atoms with Crippen LogP contribution in [-0.4, -0.2) is 78.7 Å². The number of rotatable bonds is 4. The van der Waals surface area contributed by atoms with Crippen LogP contribution in [0.3, 0.4) is 0 Å². The highest BCUT2D eigenvalue weighted by Gasteiger charge is 2.39. The third-order valence-corrected chi connectivity index (χ3v) is 8.62. The first kappa shape index (κ1) is 32.2. The number of nitrogens with zero attached hydrogens (tertiary/aromatic N) is 1. The molecule has 5 atom stereocenters. The Hall–Kier alpha value is -3.69. The van der Waals surface area contributed by atoms with Crippen molar-refractivity contribution in [2.45, 2.75) is 76.1 Å². The van der Waals surface area contributed by atoms with Gasteiger partial charge in [0.15, 0.2) is 0 Å². The van der Waals surface area contributed by atoms with Crippen LogP contribution in [0.1, 0.15) is 63.0 Å². The smallest absolute Gasteiger partial charge is 0.246 e. The molecule has 1 aliphatic carbocycles. The topological polar surface area (TPSA) is 120 Å². The summed E-state index contributed by atoms with van der Waals surface area (Å²) in [5.41, 5.74) is 1.76. The number of aliphatic hydroxyl groups is 1. The zero-order valence-corrected chi connectivity index (χ0v) is 25.5. The van der Waals surface area contributed by atoms with E-state index >= 15 is 0 Å². The average molecular weight is 591 g/mol. The minimum Gasteiger partial charge on any atom is -0.492 e. The lowest BCUT2D eigenvalue weighted by atomic mass is 9.83. The van der Waals surface area contributed by atoms with Gasteiger partial charge < -0.3 is 30.7 Å². The molecule has 2 aromatic rings. The second-order valence-electron chi connectivity index (χ2n) is 11.7. The van der Waals surface area contributed by atoms with Gasteiger partial charge in [0.2, 0.25) is 17.7 Å². The number of hydrogen-bond donors (Lipinski definition) is 4. The van der Waals surface area contributed by atoms with Crippen molar-refractivity contribution in [2.24, 2.45) is 5.92 Å². The third-order valence-electron chi connectivity index (χ3n) is 8.62. The van der Waals surface area contributed by atoms with Gasteiger partial charge in [-0.2, -0.15) is 0 Å². The zero-order valence-electron chi connectivity index (χ0n) is 25.5. The molecule has 43 heavy (non-hydrogen) atoms. The molecule has 0 spiro atoms. The van der Waals surface area contributed by atoms with Crippen LogP contribution in [0, 0.1) is 5.92 Å². The maximum atomic E-state index is 14.0. The molecule has 2 unspecified atom stereocenters. The summed E-state index contributed by atoms with van der Waals surface area (Å²) in [4.78, 5) is 42.8. The van der Waals surface area contributed by atoms with Crippen molar-refractivity contribution >= 4 is 23.8 Å². The lowest BCUT2D eigenvalue weighted by Crippen LogP contribution is -2.61. The maximum absolute atomic E-state index is 14.0. The summed E-state index contributed by atoms with van der Waals surface area (Å²) in [7, 11) is 1.56. The molecule has 4 rings (SSSR count). The Morgan fingerprint density at radius 1 is 0.930 bits per heavy atom. The van der Waals surface area contributed by atoms with Gasteiger partial charge in [0.25, 0.3) is 0 Å². The van der Waals surface area contributed by atoms with E-state index in [4.69, 9.17) is 4.74 Å². The molecule has 1 aliphatic heterocycles. The Balaban J connectivity index is 1.68. The van der Waals surface area contributed by atoms with Gasteiger partial charge >= 0.3 is 0 Å². The number of aliphatic hydroxyl groups excluding tert-OH is 1. The summed E-state index contributed by atoms with van der Waals surface area (Å²) in [6.07, 6.45) is 7.63. The number of ether oxygens (including phenoxy) is 1. The quantitative estimate of drug-likeness (QED) is 0.434. The summed E-state index contributed by atoms with van der Waals surface area (Å²) in [6, 6.07) is 14.5. The van der Waals surface area contributed by atoms with E-state index in [1.54, 1.807) is 7.05 Å². The van der Waals surface area contributed by atoms with Crippen molar-refractivity contribution in [3.8, 4) is 5.75 Å². The molecule has 9 nitrogen and oxygen atoms in total. The van der Waals surface area contributed by atoms with Gasteiger partial charge in [-0.05, 0) is 37.3 Å². The Morgan fingerprint density at radius 3 is 2.35 bits per heavy atom. The van der Waals surface area contributed by atoms with Gasteiger partial charge in [-0.15, -0.1) is 0 Å². The number of benzene rings is 2. The fourth-order valence-corrected chi connectivity index (χ4v) is 6.18. The highest BCUT2D eigenvalue weighted by Crippen LogP contribution is 2.28. The molecule has 3 amide bonds.